The van der Waals surface area contributed by atoms with E-state index in [9.17, 15) is 15.3 Å². The number of aliphatic hydroxyl groups is 3. The molecule has 0 saturated carbocycles. The number of aliphatic hydroxyl groups excluding tert-OH is 3. The first-order valence-electron chi connectivity index (χ1n) is 10.8. The predicted molar refractivity (Wildman–Crippen MR) is 119 cm³/mol. The molecule has 2 aromatic carbocycles. The second kappa shape index (κ2) is 9.06. The third kappa shape index (κ3) is 4.33. The van der Waals surface area contributed by atoms with Crippen molar-refractivity contribution in [1.29, 1.82) is 0 Å². The molecule has 2 aromatic rings. The number of benzene rings is 2. The zero-order valence-corrected chi connectivity index (χ0v) is 18.6. The van der Waals surface area contributed by atoms with E-state index in [1.54, 1.807) is 6.07 Å². The van der Waals surface area contributed by atoms with Crippen LogP contribution in [0.1, 0.15) is 36.6 Å². The van der Waals surface area contributed by atoms with Crippen molar-refractivity contribution in [2.75, 3.05) is 26.2 Å². The lowest BCUT2D eigenvalue weighted by Gasteiger charge is -2.57. The van der Waals surface area contributed by atoms with Gasteiger partial charge in [-0.05, 0) is 54.8 Å². The summed E-state index contributed by atoms with van der Waals surface area (Å²) in [4.78, 5) is 2.13. The van der Waals surface area contributed by atoms with Crippen molar-refractivity contribution in [3.63, 3.8) is 0 Å². The first-order valence-corrected chi connectivity index (χ1v) is 11.2. The minimum Gasteiger partial charge on any atom is -0.494 e. The maximum absolute atomic E-state index is 10.7. The molecule has 2 saturated heterocycles. The Bertz CT molecular complexity index is 899. The van der Waals surface area contributed by atoms with E-state index in [2.05, 4.69) is 4.90 Å². The van der Waals surface area contributed by atoms with Crippen LogP contribution < -0.4 is 4.74 Å². The van der Waals surface area contributed by atoms with E-state index in [-0.39, 0.29) is 0 Å². The molecule has 0 amide bonds. The number of ether oxygens (including phenoxy) is 2. The highest BCUT2D eigenvalue weighted by atomic mass is 35.5. The summed E-state index contributed by atoms with van der Waals surface area (Å²) < 4.78 is 11.7. The van der Waals surface area contributed by atoms with Crippen molar-refractivity contribution in [3.8, 4) is 5.75 Å². The number of hydrogen-bond donors (Lipinski definition) is 3. The SMILES string of the molecule is CCOc1ccc(Cc2cc([C@@H]3OC4(CN(CC)C4)[C@@H](O)[C@H](O)[C@H]3O)ccc2Cl)cc1. The molecule has 0 aromatic heterocycles. The second-order valence-electron chi connectivity index (χ2n) is 8.44. The Morgan fingerprint density at radius 3 is 2.42 bits per heavy atom. The molecule has 0 aliphatic carbocycles. The lowest BCUT2D eigenvalue weighted by atomic mass is 9.78. The molecule has 0 unspecified atom stereocenters. The molecule has 0 bridgehead atoms. The highest BCUT2D eigenvalue weighted by Crippen LogP contribution is 2.43. The quantitative estimate of drug-likeness (QED) is 0.631. The minimum absolute atomic E-state index is 0.525. The number of likely N-dealkylation sites (N-methyl/N-ethyl adjacent to an activating group) is 1. The topological polar surface area (TPSA) is 82.4 Å². The fraction of sp³-hybridized carbons (Fsp3) is 0.500. The van der Waals surface area contributed by atoms with Crippen LogP contribution >= 0.6 is 11.6 Å². The van der Waals surface area contributed by atoms with E-state index < -0.39 is 30.0 Å². The summed E-state index contributed by atoms with van der Waals surface area (Å²) in [6.45, 7) is 6.50. The Hall–Kier alpha value is -1.67. The Kier molecular flexibility index (Phi) is 6.58. The van der Waals surface area contributed by atoms with Gasteiger partial charge in [0.05, 0.1) is 6.61 Å². The lowest BCUT2D eigenvalue weighted by Crippen LogP contribution is -2.75. The summed E-state index contributed by atoms with van der Waals surface area (Å²) in [6.07, 6.45) is -3.76. The summed E-state index contributed by atoms with van der Waals surface area (Å²) in [7, 11) is 0. The monoisotopic (exact) mass is 447 g/mol. The van der Waals surface area contributed by atoms with Crippen molar-refractivity contribution in [3.05, 3.63) is 64.2 Å². The highest BCUT2D eigenvalue weighted by molar-refractivity contribution is 6.31. The van der Waals surface area contributed by atoms with Crippen LogP contribution in [0.3, 0.4) is 0 Å². The normalized spacial score (nSPS) is 27.8. The van der Waals surface area contributed by atoms with E-state index in [1.807, 2.05) is 50.2 Å². The molecular formula is C24H30ClNO5. The van der Waals surface area contributed by atoms with E-state index in [0.717, 1.165) is 29.0 Å². The molecule has 0 radical (unpaired) electrons. The maximum Gasteiger partial charge on any atom is 0.123 e. The van der Waals surface area contributed by atoms with Crippen LogP contribution in [0.15, 0.2) is 42.5 Å². The molecule has 7 heteroatoms. The molecule has 6 nitrogen and oxygen atoms in total. The Balaban J connectivity index is 1.56. The van der Waals surface area contributed by atoms with Crippen LogP contribution in [0.25, 0.3) is 0 Å². The zero-order chi connectivity index (χ0) is 22.2. The Morgan fingerprint density at radius 1 is 1.06 bits per heavy atom. The molecule has 31 heavy (non-hydrogen) atoms. The van der Waals surface area contributed by atoms with Crippen LogP contribution in [0.4, 0.5) is 0 Å². The molecule has 2 fully saturated rings. The summed E-state index contributed by atoms with van der Waals surface area (Å²) in [6, 6.07) is 13.4. The van der Waals surface area contributed by atoms with Crippen molar-refractivity contribution in [2.24, 2.45) is 0 Å². The number of likely N-dealkylation sites (tertiary alicyclic amines) is 1. The molecular weight excluding hydrogens is 418 g/mol. The molecule has 1 spiro atoms. The third-order valence-corrected chi connectivity index (χ3v) is 6.71. The third-order valence-electron chi connectivity index (χ3n) is 6.34. The standard InChI is InChI=1S/C24H30ClNO5/c1-3-26-13-24(14-26)23(29)21(28)20(27)22(31-24)16-7-10-19(25)17(12-16)11-15-5-8-18(9-6-15)30-4-2/h5-10,12,20-23,27-29H,3-4,11,13-14H2,1-2H3/t20-,21-,22+,23+/m1/s1. The van der Waals surface area contributed by atoms with Gasteiger partial charge in [0.15, 0.2) is 0 Å². The minimum atomic E-state index is -1.28. The van der Waals surface area contributed by atoms with Crippen LogP contribution in [-0.2, 0) is 11.2 Å². The molecule has 4 rings (SSSR count). The molecule has 2 aliphatic heterocycles. The van der Waals surface area contributed by atoms with E-state index in [1.165, 1.54) is 0 Å². The van der Waals surface area contributed by atoms with Crippen molar-refractivity contribution >= 4 is 11.6 Å². The van der Waals surface area contributed by atoms with Gasteiger partial charge in [-0.3, -0.25) is 4.90 Å². The fourth-order valence-electron chi connectivity index (χ4n) is 4.53. The van der Waals surface area contributed by atoms with Gasteiger partial charge in [0.25, 0.3) is 0 Å². The van der Waals surface area contributed by atoms with Gasteiger partial charge < -0.3 is 24.8 Å². The average Bonchev–Trinajstić information content (AvgIpc) is 2.74. The molecule has 2 aliphatic rings. The summed E-state index contributed by atoms with van der Waals surface area (Å²) in [5, 5.41) is 32.4. The van der Waals surface area contributed by atoms with Gasteiger partial charge in [-0.25, -0.2) is 0 Å². The van der Waals surface area contributed by atoms with Gasteiger partial charge in [-0.15, -0.1) is 0 Å². The maximum atomic E-state index is 10.7. The Morgan fingerprint density at radius 2 is 1.77 bits per heavy atom. The first-order chi connectivity index (χ1) is 14.9. The molecule has 3 N–H and O–H groups in total. The number of halogens is 1. The lowest BCUT2D eigenvalue weighted by molar-refractivity contribution is -0.306. The van der Waals surface area contributed by atoms with Crippen LogP contribution in [0.2, 0.25) is 5.02 Å². The predicted octanol–water partition coefficient (Wildman–Crippen LogP) is 2.56. The molecule has 168 valence electrons. The van der Waals surface area contributed by atoms with Gasteiger partial charge in [-0.1, -0.05) is 42.8 Å². The summed E-state index contributed by atoms with van der Waals surface area (Å²) >= 11 is 6.46. The molecule has 2 heterocycles. The van der Waals surface area contributed by atoms with Crippen LogP contribution in [-0.4, -0.2) is 70.4 Å². The van der Waals surface area contributed by atoms with E-state index in [0.29, 0.717) is 31.1 Å². The Labute approximate surface area is 188 Å². The number of rotatable bonds is 6. The number of hydrogen-bond acceptors (Lipinski definition) is 6. The van der Waals surface area contributed by atoms with Crippen LogP contribution in [0, 0.1) is 0 Å². The van der Waals surface area contributed by atoms with Gasteiger partial charge in [0.2, 0.25) is 0 Å². The zero-order valence-electron chi connectivity index (χ0n) is 17.9. The fourth-order valence-corrected chi connectivity index (χ4v) is 4.71. The smallest absolute Gasteiger partial charge is 0.123 e. The van der Waals surface area contributed by atoms with Gasteiger partial charge >= 0.3 is 0 Å². The van der Waals surface area contributed by atoms with Crippen molar-refractivity contribution in [2.45, 2.75) is 50.3 Å². The van der Waals surface area contributed by atoms with E-state index >= 15 is 0 Å². The largest absolute Gasteiger partial charge is 0.494 e. The average molecular weight is 448 g/mol. The van der Waals surface area contributed by atoms with Crippen molar-refractivity contribution in [1.82, 2.24) is 4.90 Å². The second-order valence-corrected chi connectivity index (χ2v) is 8.84. The molecule has 4 atom stereocenters. The van der Waals surface area contributed by atoms with Gasteiger partial charge in [0.1, 0.15) is 35.8 Å². The van der Waals surface area contributed by atoms with Crippen molar-refractivity contribution < 1.29 is 24.8 Å². The summed E-state index contributed by atoms with van der Waals surface area (Å²) in [5.41, 5.74) is 1.85. The number of nitrogens with zero attached hydrogens (tertiary/aromatic N) is 1. The van der Waals surface area contributed by atoms with Gasteiger partial charge in [0, 0.05) is 18.1 Å². The van der Waals surface area contributed by atoms with Gasteiger partial charge in [-0.2, -0.15) is 0 Å². The first kappa shape index (κ1) is 22.5. The summed E-state index contributed by atoms with van der Waals surface area (Å²) in [5.74, 6) is 0.823. The van der Waals surface area contributed by atoms with Crippen LogP contribution in [0.5, 0.6) is 5.75 Å². The van der Waals surface area contributed by atoms with E-state index in [4.69, 9.17) is 21.1 Å². The highest BCUT2D eigenvalue weighted by Gasteiger charge is 2.59.